The Morgan fingerprint density at radius 1 is 1.10 bits per heavy atom. The van der Waals surface area contributed by atoms with Crippen LogP contribution in [0.1, 0.15) is 5.56 Å². The quantitative estimate of drug-likeness (QED) is 0.584. The Morgan fingerprint density at radius 3 is 2.59 bits per heavy atom. The molecule has 3 aromatic rings. The normalized spacial score (nSPS) is 11.2. The number of hydrogen-bond acceptors (Lipinski definition) is 5. The maximum absolute atomic E-state index is 13.4. The van der Waals surface area contributed by atoms with Crippen LogP contribution in [0.25, 0.3) is 0 Å². The fourth-order valence-corrected chi connectivity index (χ4v) is 4.11. The first kappa shape index (κ1) is 20.9. The highest BCUT2D eigenvalue weighted by Gasteiger charge is 2.21. The van der Waals surface area contributed by atoms with E-state index in [-0.39, 0.29) is 11.4 Å². The fraction of sp³-hybridized carbons (Fsp3) is 0.105. The van der Waals surface area contributed by atoms with Gasteiger partial charge in [-0.15, -0.1) is 0 Å². The molecule has 10 heteroatoms. The lowest BCUT2D eigenvalue weighted by molar-refractivity contribution is -0.122. The molecule has 150 valence electrons. The zero-order valence-corrected chi connectivity index (χ0v) is 17.3. The highest BCUT2D eigenvalue weighted by atomic mass is 79.9. The summed E-state index contributed by atoms with van der Waals surface area (Å²) in [5.41, 5.74) is 0.197. The van der Waals surface area contributed by atoms with Gasteiger partial charge in [0.15, 0.2) is 5.03 Å². The highest BCUT2D eigenvalue weighted by molar-refractivity contribution is 9.10. The van der Waals surface area contributed by atoms with E-state index in [2.05, 4.69) is 26.3 Å². The predicted molar refractivity (Wildman–Crippen MR) is 106 cm³/mol. The van der Waals surface area contributed by atoms with Gasteiger partial charge in [0.1, 0.15) is 12.4 Å². The summed E-state index contributed by atoms with van der Waals surface area (Å²) in [6.45, 7) is -0.244. The number of benzene rings is 2. The van der Waals surface area contributed by atoms with Crippen molar-refractivity contribution in [3.63, 3.8) is 0 Å². The molecular formula is C19H15BrFN3O4S. The summed E-state index contributed by atoms with van der Waals surface area (Å²) in [5.74, 6) is -1.23. The number of amides is 1. The molecule has 0 radical (unpaired) electrons. The largest absolute Gasteiger partial charge is 0.350 e. The van der Waals surface area contributed by atoms with Crippen LogP contribution in [0.15, 0.2) is 79.9 Å². The van der Waals surface area contributed by atoms with E-state index in [0.29, 0.717) is 0 Å². The molecule has 0 aliphatic carbocycles. The predicted octanol–water partition coefficient (Wildman–Crippen LogP) is 2.29. The maximum atomic E-state index is 13.4. The first-order valence-corrected chi connectivity index (χ1v) is 10.6. The Kier molecular flexibility index (Phi) is 6.23. The van der Waals surface area contributed by atoms with Gasteiger partial charge in [-0.25, -0.2) is 17.5 Å². The molecule has 1 heterocycles. The van der Waals surface area contributed by atoms with Crippen molar-refractivity contribution in [1.29, 1.82) is 0 Å². The van der Waals surface area contributed by atoms with Gasteiger partial charge in [0.2, 0.25) is 15.7 Å². The van der Waals surface area contributed by atoms with Crippen LogP contribution >= 0.6 is 15.9 Å². The van der Waals surface area contributed by atoms with Crippen LogP contribution in [0, 0.1) is 5.82 Å². The molecule has 0 fully saturated rings. The van der Waals surface area contributed by atoms with Crippen LogP contribution in [0.2, 0.25) is 0 Å². The first-order chi connectivity index (χ1) is 13.8. The molecule has 1 N–H and O–H groups in total. The third-order valence-electron chi connectivity index (χ3n) is 3.95. The van der Waals surface area contributed by atoms with Crippen LogP contribution in [0.3, 0.4) is 0 Å². The molecule has 7 nitrogen and oxygen atoms in total. The zero-order valence-electron chi connectivity index (χ0n) is 14.9. The molecular weight excluding hydrogens is 465 g/mol. The standard InChI is InChI=1S/C19H15BrFN3O4S/c20-16-7-2-1-4-13(16)11-22-17(25)12-24-19(26)9-8-18(23-24)29(27,28)15-6-3-5-14(21)10-15/h1-10H,11-12H2,(H,22,25). The number of nitrogens with one attached hydrogen (secondary N) is 1. The maximum Gasteiger partial charge on any atom is 0.267 e. The van der Waals surface area contributed by atoms with Gasteiger partial charge < -0.3 is 5.32 Å². The van der Waals surface area contributed by atoms with Crippen molar-refractivity contribution in [2.75, 3.05) is 0 Å². The number of halogens is 2. The van der Waals surface area contributed by atoms with Gasteiger partial charge in [-0.2, -0.15) is 5.10 Å². The molecule has 0 saturated carbocycles. The molecule has 0 atom stereocenters. The summed E-state index contributed by atoms with van der Waals surface area (Å²) in [7, 11) is -4.15. The van der Waals surface area contributed by atoms with E-state index in [1.54, 1.807) is 0 Å². The lowest BCUT2D eigenvalue weighted by Crippen LogP contribution is -2.33. The summed E-state index contributed by atoms with van der Waals surface area (Å²) in [4.78, 5) is 23.9. The molecule has 0 aliphatic heterocycles. The summed E-state index contributed by atoms with van der Waals surface area (Å²) >= 11 is 3.37. The van der Waals surface area contributed by atoms with Crippen molar-refractivity contribution >= 4 is 31.7 Å². The molecule has 1 aromatic heterocycles. The number of carbonyl (C=O) groups is 1. The topological polar surface area (TPSA) is 98.1 Å². The van der Waals surface area contributed by atoms with Gasteiger partial charge >= 0.3 is 0 Å². The van der Waals surface area contributed by atoms with Crippen LogP contribution in [0.4, 0.5) is 4.39 Å². The summed E-state index contributed by atoms with van der Waals surface area (Å²) < 4.78 is 40.2. The Bertz CT molecular complexity index is 1230. The first-order valence-electron chi connectivity index (χ1n) is 8.36. The minimum atomic E-state index is -4.15. The number of carbonyl (C=O) groups excluding carboxylic acids is 1. The second kappa shape index (κ2) is 8.66. The third-order valence-corrected chi connectivity index (χ3v) is 6.37. The van der Waals surface area contributed by atoms with E-state index in [1.165, 1.54) is 12.1 Å². The van der Waals surface area contributed by atoms with E-state index >= 15 is 0 Å². The van der Waals surface area contributed by atoms with Gasteiger partial charge in [-0.1, -0.05) is 40.2 Å². The molecule has 3 rings (SSSR count). The second-order valence-corrected chi connectivity index (χ2v) is 8.75. The zero-order chi connectivity index (χ0) is 21.0. The monoisotopic (exact) mass is 479 g/mol. The van der Waals surface area contributed by atoms with E-state index in [4.69, 9.17) is 0 Å². The molecule has 29 heavy (non-hydrogen) atoms. The molecule has 2 aromatic carbocycles. The number of sulfone groups is 1. The van der Waals surface area contributed by atoms with Crippen LogP contribution < -0.4 is 10.9 Å². The van der Waals surface area contributed by atoms with Crippen molar-refractivity contribution in [3.8, 4) is 0 Å². The molecule has 1 amide bonds. The van der Waals surface area contributed by atoms with Gasteiger partial charge in [-0.05, 0) is 35.9 Å². The third kappa shape index (κ3) is 4.96. The molecule has 0 spiro atoms. The average Bonchev–Trinajstić information content (AvgIpc) is 2.69. The molecule has 0 bridgehead atoms. The van der Waals surface area contributed by atoms with Crippen molar-refractivity contribution in [2.24, 2.45) is 0 Å². The average molecular weight is 480 g/mol. The summed E-state index contributed by atoms with van der Waals surface area (Å²) in [6, 6.07) is 13.8. The van der Waals surface area contributed by atoms with Crippen molar-refractivity contribution in [1.82, 2.24) is 15.1 Å². The van der Waals surface area contributed by atoms with Crippen LogP contribution in [0.5, 0.6) is 0 Å². The van der Waals surface area contributed by atoms with Crippen LogP contribution in [-0.2, 0) is 27.7 Å². The number of aromatic nitrogens is 2. The van der Waals surface area contributed by atoms with E-state index < -0.39 is 38.7 Å². The molecule has 0 unspecified atom stereocenters. The van der Waals surface area contributed by atoms with Crippen molar-refractivity contribution in [2.45, 2.75) is 23.0 Å². The number of nitrogens with zero attached hydrogens (tertiary/aromatic N) is 2. The SMILES string of the molecule is O=C(Cn1nc(S(=O)(=O)c2cccc(F)c2)ccc1=O)NCc1ccccc1Br. The molecule has 0 saturated heterocycles. The Balaban J connectivity index is 1.79. The van der Waals surface area contributed by atoms with Crippen molar-refractivity contribution < 1.29 is 17.6 Å². The minimum Gasteiger partial charge on any atom is -0.350 e. The van der Waals surface area contributed by atoms with E-state index in [9.17, 15) is 22.4 Å². The molecule has 0 aliphatic rings. The second-order valence-electron chi connectivity index (χ2n) is 6.00. The van der Waals surface area contributed by atoms with Gasteiger partial charge in [0, 0.05) is 17.1 Å². The Hall–Kier alpha value is -2.85. The van der Waals surface area contributed by atoms with E-state index in [1.807, 2.05) is 24.3 Å². The van der Waals surface area contributed by atoms with Crippen LogP contribution in [-0.4, -0.2) is 24.1 Å². The van der Waals surface area contributed by atoms with Crippen molar-refractivity contribution in [3.05, 3.63) is 86.9 Å². The smallest absolute Gasteiger partial charge is 0.267 e. The van der Waals surface area contributed by atoms with Gasteiger partial charge in [0.25, 0.3) is 5.56 Å². The Morgan fingerprint density at radius 2 is 1.86 bits per heavy atom. The highest BCUT2D eigenvalue weighted by Crippen LogP contribution is 2.19. The van der Waals surface area contributed by atoms with Gasteiger partial charge in [0.05, 0.1) is 4.90 Å². The summed E-state index contributed by atoms with van der Waals surface area (Å²) in [6.07, 6.45) is 0. The summed E-state index contributed by atoms with van der Waals surface area (Å²) in [5, 5.41) is 5.97. The minimum absolute atomic E-state index is 0.219. The number of rotatable bonds is 6. The lowest BCUT2D eigenvalue weighted by Gasteiger charge is -2.09. The number of hydrogen-bond donors (Lipinski definition) is 1. The van der Waals surface area contributed by atoms with Gasteiger partial charge in [-0.3, -0.25) is 9.59 Å². The lowest BCUT2D eigenvalue weighted by atomic mass is 10.2. The van der Waals surface area contributed by atoms with E-state index in [0.717, 1.165) is 39.0 Å². The fourth-order valence-electron chi connectivity index (χ4n) is 2.47. The Labute approximate surface area is 174 Å².